The van der Waals surface area contributed by atoms with Crippen LogP contribution in [0.25, 0.3) is 0 Å². The Balaban J connectivity index is 2.09. The largest absolute Gasteiger partial charge is 0.493 e. The molecule has 9 nitrogen and oxygen atoms in total. The van der Waals surface area contributed by atoms with Crippen molar-refractivity contribution in [2.24, 2.45) is 0 Å². The summed E-state index contributed by atoms with van der Waals surface area (Å²) in [7, 11) is 0. The average Bonchev–Trinajstić information content (AvgIpc) is 2.53. The van der Waals surface area contributed by atoms with E-state index in [1.54, 1.807) is 0 Å². The Kier molecular flexibility index (Phi) is 5.27. The van der Waals surface area contributed by atoms with E-state index < -0.39 is 30.2 Å². The highest BCUT2D eigenvalue weighted by atomic mass is 35.5. The van der Waals surface area contributed by atoms with Gasteiger partial charge in [0.1, 0.15) is 12.1 Å². The summed E-state index contributed by atoms with van der Waals surface area (Å²) in [4.78, 5) is 41.3. The molecule has 124 valence electrons. The van der Waals surface area contributed by atoms with Crippen molar-refractivity contribution in [3.05, 3.63) is 46.6 Å². The lowest BCUT2D eigenvalue weighted by Crippen LogP contribution is -2.29. The number of hydrogen-bond acceptors (Lipinski definition) is 6. The fourth-order valence-electron chi connectivity index (χ4n) is 1.62. The minimum atomic E-state index is -1.24. The number of hydrogen-bond donors (Lipinski definition) is 4. The summed E-state index contributed by atoms with van der Waals surface area (Å²) < 4.78 is 0. The smallest absolute Gasteiger partial charge is 0.322 e. The van der Waals surface area contributed by atoms with Gasteiger partial charge in [-0.1, -0.05) is 11.6 Å². The van der Waals surface area contributed by atoms with E-state index in [9.17, 15) is 19.5 Å². The molecule has 0 aliphatic rings. The molecule has 0 aliphatic carbocycles. The van der Waals surface area contributed by atoms with Crippen LogP contribution in [-0.4, -0.2) is 44.5 Å². The van der Waals surface area contributed by atoms with E-state index in [0.29, 0.717) is 10.6 Å². The molecule has 0 aliphatic heterocycles. The normalized spacial score (nSPS) is 10.0. The summed E-state index contributed by atoms with van der Waals surface area (Å²) in [6.45, 7) is -0.618. The van der Waals surface area contributed by atoms with Crippen molar-refractivity contribution >= 4 is 35.3 Å². The van der Waals surface area contributed by atoms with Gasteiger partial charge >= 0.3 is 5.97 Å². The van der Waals surface area contributed by atoms with Crippen molar-refractivity contribution in [3.8, 4) is 5.88 Å². The Morgan fingerprint density at radius 2 is 1.79 bits per heavy atom. The molecule has 1 aromatic heterocycles. The Hall–Kier alpha value is -3.20. The van der Waals surface area contributed by atoms with Crippen LogP contribution in [0.5, 0.6) is 5.88 Å². The maximum Gasteiger partial charge on any atom is 0.322 e. The van der Waals surface area contributed by atoms with Crippen LogP contribution in [-0.2, 0) is 4.79 Å². The molecule has 2 rings (SSSR count). The fraction of sp³-hybridized carbons (Fsp3) is 0.0714. The molecule has 1 aromatic carbocycles. The average molecular weight is 351 g/mol. The van der Waals surface area contributed by atoms with Crippen LogP contribution < -0.4 is 10.6 Å². The Labute approximate surface area is 140 Å². The minimum Gasteiger partial charge on any atom is -0.493 e. The van der Waals surface area contributed by atoms with E-state index in [1.807, 2.05) is 0 Å². The molecule has 10 heteroatoms. The molecule has 4 N–H and O–H groups in total. The molecule has 0 atom stereocenters. The quantitative estimate of drug-likeness (QED) is 0.627. The van der Waals surface area contributed by atoms with E-state index in [0.717, 1.165) is 6.20 Å². The van der Waals surface area contributed by atoms with Gasteiger partial charge in [0.05, 0.1) is 0 Å². The van der Waals surface area contributed by atoms with Crippen LogP contribution in [0.1, 0.15) is 20.7 Å². The summed E-state index contributed by atoms with van der Waals surface area (Å²) in [5, 5.41) is 23.1. The summed E-state index contributed by atoms with van der Waals surface area (Å²) in [6, 6.07) is 6.05. The van der Waals surface area contributed by atoms with Crippen molar-refractivity contribution in [1.82, 2.24) is 15.3 Å². The van der Waals surface area contributed by atoms with Crippen molar-refractivity contribution in [2.45, 2.75) is 0 Å². The van der Waals surface area contributed by atoms with Crippen molar-refractivity contribution in [3.63, 3.8) is 0 Å². The molecule has 0 spiro atoms. The number of anilines is 1. The lowest BCUT2D eigenvalue weighted by molar-refractivity contribution is -0.135. The molecule has 2 aromatic rings. The van der Waals surface area contributed by atoms with E-state index >= 15 is 0 Å². The van der Waals surface area contributed by atoms with Crippen molar-refractivity contribution in [1.29, 1.82) is 0 Å². The molecular weight excluding hydrogens is 340 g/mol. The topological polar surface area (TPSA) is 142 Å². The number of aromatic hydroxyl groups is 1. The number of carbonyl (C=O) groups excluding carboxylic acids is 2. The zero-order valence-electron chi connectivity index (χ0n) is 12.0. The SMILES string of the molecule is O=C(O)CNC(=O)c1cnc(NC(=O)c2ccc(Cl)cc2)nc1O. The lowest BCUT2D eigenvalue weighted by atomic mass is 10.2. The second-order valence-corrected chi connectivity index (χ2v) is 4.90. The maximum atomic E-state index is 12.0. The zero-order valence-corrected chi connectivity index (χ0v) is 12.7. The number of carboxylic acids is 1. The van der Waals surface area contributed by atoms with Gasteiger partial charge in [0.2, 0.25) is 11.8 Å². The first-order valence-corrected chi connectivity index (χ1v) is 6.87. The van der Waals surface area contributed by atoms with Gasteiger partial charge in [0, 0.05) is 16.8 Å². The summed E-state index contributed by atoms with van der Waals surface area (Å²) in [6.07, 6.45) is 0.969. The summed E-state index contributed by atoms with van der Waals surface area (Å²) in [5.41, 5.74) is -0.0218. The lowest BCUT2D eigenvalue weighted by Gasteiger charge is -2.07. The van der Waals surface area contributed by atoms with Crippen LogP contribution >= 0.6 is 11.6 Å². The van der Waals surface area contributed by atoms with Gasteiger partial charge in [0.15, 0.2) is 0 Å². The van der Waals surface area contributed by atoms with Gasteiger partial charge in [0.25, 0.3) is 11.8 Å². The standard InChI is InChI=1S/C14H11ClN4O5/c15-8-3-1-7(2-4-8)11(22)18-14-17-5-9(13(24)19-14)12(23)16-6-10(20)21/h1-5H,6H2,(H,16,23)(H,20,21)(H2,17,18,19,22,24). The van der Waals surface area contributed by atoms with Crippen LogP contribution in [0.3, 0.4) is 0 Å². The number of benzene rings is 1. The second kappa shape index (κ2) is 7.38. The van der Waals surface area contributed by atoms with Crippen molar-refractivity contribution < 1.29 is 24.6 Å². The highest BCUT2D eigenvalue weighted by molar-refractivity contribution is 6.30. The maximum absolute atomic E-state index is 12.0. The first kappa shape index (κ1) is 17.2. The van der Waals surface area contributed by atoms with Gasteiger partial charge < -0.3 is 15.5 Å². The van der Waals surface area contributed by atoms with Gasteiger partial charge in [-0.15, -0.1) is 0 Å². The number of nitrogens with zero attached hydrogens (tertiary/aromatic N) is 2. The van der Waals surface area contributed by atoms with Crippen LogP contribution in [0, 0.1) is 0 Å². The molecule has 0 bridgehead atoms. The van der Waals surface area contributed by atoms with Gasteiger partial charge in [-0.3, -0.25) is 19.7 Å². The zero-order chi connectivity index (χ0) is 17.7. The fourth-order valence-corrected chi connectivity index (χ4v) is 1.75. The van der Waals surface area contributed by atoms with Crippen molar-refractivity contribution in [2.75, 3.05) is 11.9 Å². The van der Waals surface area contributed by atoms with Gasteiger partial charge in [-0.05, 0) is 24.3 Å². The molecule has 0 saturated carbocycles. The third kappa shape index (κ3) is 4.40. The van der Waals surface area contributed by atoms with Gasteiger partial charge in [-0.2, -0.15) is 4.98 Å². The number of rotatable bonds is 5. The predicted octanol–water partition coefficient (Wildman–Crippen LogP) is 0.902. The minimum absolute atomic E-state index is 0.220. The Bertz CT molecular complexity index is 794. The van der Waals surface area contributed by atoms with Crippen LogP contribution in [0.2, 0.25) is 5.02 Å². The van der Waals surface area contributed by atoms with Crippen LogP contribution in [0.4, 0.5) is 5.95 Å². The van der Waals surface area contributed by atoms with Crippen LogP contribution in [0.15, 0.2) is 30.5 Å². The summed E-state index contributed by atoms with van der Waals surface area (Å²) in [5.74, 6) is -3.54. The second-order valence-electron chi connectivity index (χ2n) is 4.47. The third-order valence-corrected chi connectivity index (χ3v) is 3.00. The number of carbonyl (C=O) groups is 3. The highest BCUT2D eigenvalue weighted by Crippen LogP contribution is 2.15. The number of amides is 2. The number of aromatic nitrogens is 2. The van der Waals surface area contributed by atoms with E-state index in [-0.39, 0.29) is 11.5 Å². The van der Waals surface area contributed by atoms with E-state index in [2.05, 4.69) is 20.6 Å². The first-order chi connectivity index (χ1) is 11.4. The predicted molar refractivity (Wildman–Crippen MR) is 83.1 cm³/mol. The number of halogens is 1. The van der Waals surface area contributed by atoms with E-state index in [4.69, 9.17) is 16.7 Å². The molecule has 24 heavy (non-hydrogen) atoms. The Morgan fingerprint density at radius 3 is 2.38 bits per heavy atom. The number of aliphatic carboxylic acids is 1. The Morgan fingerprint density at radius 1 is 1.12 bits per heavy atom. The molecule has 1 heterocycles. The molecule has 0 unspecified atom stereocenters. The molecule has 0 saturated heterocycles. The summed E-state index contributed by atoms with van der Waals surface area (Å²) >= 11 is 5.73. The third-order valence-electron chi connectivity index (χ3n) is 2.75. The molecule has 0 radical (unpaired) electrons. The number of nitrogens with one attached hydrogen (secondary N) is 2. The van der Waals surface area contributed by atoms with E-state index in [1.165, 1.54) is 24.3 Å². The number of carboxylic acid groups (broad SMARTS) is 1. The molecule has 2 amide bonds. The first-order valence-electron chi connectivity index (χ1n) is 6.49. The molecule has 0 fully saturated rings. The molecular formula is C14H11ClN4O5. The highest BCUT2D eigenvalue weighted by Gasteiger charge is 2.16. The van der Waals surface area contributed by atoms with Gasteiger partial charge in [-0.25, -0.2) is 4.98 Å². The monoisotopic (exact) mass is 350 g/mol.